The van der Waals surface area contributed by atoms with Crippen LogP contribution in [0.15, 0.2) is 67.5 Å². The van der Waals surface area contributed by atoms with Crippen LogP contribution in [0, 0.1) is 5.92 Å². The third kappa shape index (κ3) is 7.74. The smallest absolute Gasteiger partial charge is 0.247 e. The molecule has 0 aliphatic carbocycles. The summed E-state index contributed by atoms with van der Waals surface area (Å²) in [4.78, 5) is 53.5. The minimum atomic E-state index is -0.922. The van der Waals surface area contributed by atoms with Crippen LogP contribution in [0.3, 0.4) is 0 Å². The normalized spacial score (nSPS) is 13.5. The molecule has 0 aliphatic rings. The van der Waals surface area contributed by atoms with Gasteiger partial charge in [0, 0.05) is 42.3 Å². The van der Waals surface area contributed by atoms with Gasteiger partial charge in [-0.25, -0.2) is 9.97 Å². The van der Waals surface area contributed by atoms with E-state index >= 15 is 0 Å². The highest BCUT2D eigenvalue weighted by molar-refractivity contribution is 6.00. The molecule has 39 heavy (non-hydrogen) atoms. The number of carbonyl (C=O) groups excluding carboxylic acids is 3. The SMILES string of the molecule is CC(C)CC(NC(=O)C(N)Cc1cnc[nH]1)C(=O)NC(Cc1cnc[nH]1)C(=O)Nc1ccc2ccccc2c1. The average Bonchev–Trinajstić information content (AvgIpc) is 3.62. The Balaban J connectivity index is 1.47. The molecule has 11 nitrogen and oxygen atoms in total. The maximum Gasteiger partial charge on any atom is 0.247 e. The van der Waals surface area contributed by atoms with E-state index in [-0.39, 0.29) is 24.7 Å². The molecule has 0 saturated heterocycles. The zero-order chi connectivity index (χ0) is 27.8. The van der Waals surface area contributed by atoms with Crippen LogP contribution in [-0.2, 0) is 27.2 Å². The van der Waals surface area contributed by atoms with Crippen molar-refractivity contribution in [1.82, 2.24) is 30.6 Å². The number of nitrogens with one attached hydrogen (secondary N) is 5. The molecular weight excluding hydrogens is 496 g/mol. The van der Waals surface area contributed by atoms with Crippen molar-refractivity contribution in [3.63, 3.8) is 0 Å². The number of hydrogen-bond donors (Lipinski definition) is 6. The van der Waals surface area contributed by atoms with Gasteiger partial charge in [0.15, 0.2) is 0 Å². The molecule has 4 aromatic rings. The molecule has 4 rings (SSSR count). The number of nitrogens with two attached hydrogens (primary N) is 1. The molecule has 0 aliphatic heterocycles. The molecule has 0 spiro atoms. The fraction of sp³-hybridized carbons (Fsp3) is 0.321. The number of rotatable bonds is 12. The van der Waals surface area contributed by atoms with Gasteiger partial charge in [0.1, 0.15) is 12.1 Å². The van der Waals surface area contributed by atoms with E-state index in [9.17, 15) is 14.4 Å². The van der Waals surface area contributed by atoms with Gasteiger partial charge in [0.05, 0.1) is 18.7 Å². The van der Waals surface area contributed by atoms with Crippen molar-refractivity contribution < 1.29 is 14.4 Å². The first kappa shape index (κ1) is 27.5. The van der Waals surface area contributed by atoms with Gasteiger partial charge in [0.2, 0.25) is 17.7 Å². The number of benzene rings is 2. The van der Waals surface area contributed by atoms with Crippen LogP contribution < -0.4 is 21.7 Å². The number of hydrogen-bond acceptors (Lipinski definition) is 6. The predicted octanol–water partition coefficient (Wildman–Crippen LogP) is 2.05. The first-order valence-corrected chi connectivity index (χ1v) is 12.9. The maximum absolute atomic E-state index is 13.4. The zero-order valence-corrected chi connectivity index (χ0v) is 22.0. The second-order valence-electron chi connectivity index (χ2n) is 9.97. The van der Waals surface area contributed by atoms with E-state index in [1.807, 2.05) is 56.3 Å². The molecule has 3 atom stereocenters. The highest BCUT2D eigenvalue weighted by Crippen LogP contribution is 2.19. The van der Waals surface area contributed by atoms with Crippen LogP contribution in [0.2, 0.25) is 0 Å². The Labute approximate surface area is 226 Å². The monoisotopic (exact) mass is 530 g/mol. The number of fused-ring (bicyclic) bond motifs is 1. The van der Waals surface area contributed by atoms with E-state index in [1.54, 1.807) is 12.4 Å². The third-order valence-electron chi connectivity index (χ3n) is 6.30. The second kappa shape index (κ2) is 12.8. The van der Waals surface area contributed by atoms with E-state index in [2.05, 4.69) is 35.9 Å². The number of H-pyrrole nitrogens is 2. The molecule has 3 unspecified atom stereocenters. The Morgan fingerprint density at radius 2 is 1.46 bits per heavy atom. The Kier molecular flexibility index (Phi) is 9.06. The predicted molar refractivity (Wildman–Crippen MR) is 148 cm³/mol. The minimum Gasteiger partial charge on any atom is -0.348 e. The summed E-state index contributed by atoms with van der Waals surface area (Å²) in [6, 6.07) is 10.8. The van der Waals surface area contributed by atoms with E-state index in [0.717, 1.165) is 10.8 Å². The molecule has 3 amide bonds. The van der Waals surface area contributed by atoms with Crippen molar-refractivity contribution in [3.8, 4) is 0 Å². The number of carbonyl (C=O) groups is 3. The average molecular weight is 531 g/mol. The fourth-order valence-corrected chi connectivity index (χ4v) is 4.30. The lowest BCUT2D eigenvalue weighted by Gasteiger charge is -2.25. The van der Waals surface area contributed by atoms with Gasteiger partial charge in [-0.05, 0) is 35.2 Å². The lowest BCUT2D eigenvalue weighted by atomic mass is 10.0. The fourth-order valence-electron chi connectivity index (χ4n) is 4.30. The topological polar surface area (TPSA) is 171 Å². The van der Waals surface area contributed by atoms with Gasteiger partial charge < -0.3 is 31.7 Å². The number of aromatic amines is 2. The van der Waals surface area contributed by atoms with Gasteiger partial charge in [-0.15, -0.1) is 0 Å². The number of anilines is 1. The first-order valence-electron chi connectivity index (χ1n) is 12.9. The standard InChI is InChI=1S/C28H34N8O3/c1-17(2)9-24(35-26(37)23(29)11-21-13-30-15-32-21)28(39)36-25(12-22-14-31-16-33-22)27(38)34-20-8-7-18-5-3-4-6-19(18)10-20/h3-8,10,13-17,23-25H,9,11-12,29H2,1-2H3,(H,30,32)(H,31,33)(H,34,38)(H,35,37)(H,36,39). The van der Waals surface area contributed by atoms with Crippen LogP contribution in [-0.4, -0.2) is 55.8 Å². The van der Waals surface area contributed by atoms with Crippen molar-refractivity contribution >= 4 is 34.2 Å². The summed E-state index contributed by atoms with van der Waals surface area (Å²) in [7, 11) is 0. The number of aromatic nitrogens is 4. The summed E-state index contributed by atoms with van der Waals surface area (Å²) in [6.45, 7) is 3.90. The number of nitrogens with zero attached hydrogens (tertiary/aromatic N) is 2. The van der Waals surface area contributed by atoms with Crippen LogP contribution in [0.4, 0.5) is 5.69 Å². The van der Waals surface area contributed by atoms with E-state index in [0.29, 0.717) is 23.5 Å². The molecule has 2 heterocycles. The molecule has 204 valence electrons. The van der Waals surface area contributed by atoms with Crippen molar-refractivity contribution in [2.75, 3.05) is 5.32 Å². The van der Waals surface area contributed by atoms with Crippen LogP contribution >= 0.6 is 0 Å². The molecular formula is C28H34N8O3. The Morgan fingerprint density at radius 1 is 0.821 bits per heavy atom. The zero-order valence-electron chi connectivity index (χ0n) is 22.0. The van der Waals surface area contributed by atoms with Crippen molar-refractivity contribution in [1.29, 1.82) is 0 Å². The third-order valence-corrected chi connectivity index (χ3v) is 6.30. The van der Waals surface area contributed by atoms with Gasteiger partial charge in [-0.1, -0.05) is 44.2 Å². The summed E-state index contributed by atoms with van der Waals surface area (Å²) in [6.07, 6.45) is 7.03. The van der Waals surface area contributed by atoms with Gasteiger partial charge in [-0.3, -0.25) is 14.4 Å². The van der Waals surface area contributed by atoms with E-state index in [4.69, 9.17) is 5.73 Å². The van der Waals surface area contributed by atoms with Gasteiger partial charge in [-0.2, -0.15) is 0 Å². The molecule has 0 radical (unpaired) electrons. The minimum absolute atomic E-state index is 0.0994. The highest BCUT2D eigenvalue weighted by Gasteiger charge is 2.29. The van der Waals surface area contributed by atoms with Crippen molar-refractivity contribution in [2.24, 2.45) is 11.7 Å². The summed E-state index contributed by atoms with van der Waals surface area (Å²) in [5.41, 5.74) is 8.09. The van der Waals surface area contributed by atoms with Crippen molar-refractivity contribution in [3.05, 3.63) is 78.9 Å². The lowest BCUT2D eigenvalue weighted by Crippen LogP contribution is -2.56. The molecule has 11 heteroatoms. The highest BCUT2D eigenvalue weighted by atomic mass is 16.2. The van der Waals surface area contributed by atoms with Crippen LogP contribution in [0.1, 0.15) is 31.7 Å². The van der Waals surface area contributed by atoms with Crippen LogP contribution in [0.5, 0.6) is 0 Å². The van der Waals surface area contributed by atoms with Crippen molar-refractivity contribution in [2.45, 2.75) is 51.2 Å². The van der Waals surface area contributed by atoms with E-state index in [1.165, 1.54) is 12.7 Å². The molecule has 7 N–H and O–H groups in total. The lowest BCUT2D eigenvalue weighted by molar-refractivity contribution is -0.131. The van der Waals surface area contributed by atoms with Gasteiger partial charge in [0.25, 0.3) is 0 Å². The van der Waals surface area contributed by atoms with E-state index < -0.39 is 29.9 Å². The summed E-state index contributed by atoms with van der Waals surface area (Å²) in [5, 5.41) is 10.6. The summed E-state index contributed by atoms with van der Waals surface area (Å²) >= 11 is 0. The summed E-state index contributed by atoms with van der Waals surface area (Å²) in [5.74, 6) is -1.22. The van der Waals surface area contributed by atoms with Gasteiger partial charge >= 0.3 is 0 Å². The molecule has 2 aromatic carbocycles. The Morgan fingerprint density at radius 3 is 2.10 bits per heavy atom. The second-order valence-corrected chi connectivity index (χ2v) is 9.97. The Bertz CT molecular complexity index is 1390. The molecule has 2 aromatic heterocycles. The molecule has 0 saturated carbocycles. The molecule has 0 bridgehead atoms. The first-order chi connectivity index (χ1) is 18.8. The largest absolute Gasteiger partial charge is 0.348 e. The Hall–Kier alpha value is -4.51. The number of amides is 3. The van der Waals surface area contributed by atoms with Crippen LogP contribution in [0.25, 0.3) is 10.8 Å². The number of imidazole rings is 2. The maximum atomic E-state index is 13.4. The summed E-state index contributed by atoms with van der Waals surface area (Å²) < 4.78 is 0. The quantitative estimate of drug-likeness (QED) is 0.164. The molecule has 0 fully saturated rings.